The van der Waals surface area contributed by atoms with Crippen molar-refractivity contribution in [3.63, 3.8) is 0 Å². The number of nitrogens with one attached hydrogen (secondary N) is 3. The average molecular weight is 471 g/mol. The molecule has 0 aliphatic carbocycles. The Morgan fingerprint density at radius 3 is 2.47 bits per heavy atom. The Balaban J connectivity index is 1.18. The van der Waals surface area contributed by atoms with Crippen LogP contribution >= 0.6 is 11.8 Å². The lowest BCUT2D eigenvalue weighted by molar-refractivity contribution is 0.0844. The van der Waals surface area contributed by atoms with E-state index in [9.17, 15) is 14.4 Å². The molecule has 0 spiro atoms. The number of H-pyrrole nitrogens is 1. The number of imidazole rings is 1. The molecule has 5 rings (SSSR count). The van der Waals surface area contributed by atoms with Gasteiger partial charge in [0.15, 0.2) is 5.16 Å². The molecule has 0 fully saturated rings. The Labute approximate surface area is 197 Å². The van der Waals surface area contributed by atoms with Crippen LogP contribution in [0.25, 0.3) is 22.0 Å². The highest BCUT2D eigenvalue weighted by molar-refractivity contribution is 7.98. The molecule has 168 valence electrons. The lowest BCUT2D eigenvalue weighted by Gasteiger charge is -2.08. The SMILES string of the molecule is O=C(NNC(=O)c1cc2ccccc2oc1=O)c1ccc(CSc2nc3ccccc3[nH]2)cc1. The number of fused-ring (bicyclic) bond motifs is 2. The highest BCUT2D eigenvalue weighted by Gasteiger charge is 2.15. The van der Waals surface area contributed by atoms with Crippen LogP contribution in [-0.4, -0.2) is 21.8 Å². The fraction of sp³-hybridized carbons (Fsp3) is 0.0400. The number of carbonyl (C=O) groups is 2. The van der Waals surface area contributed by atoms with Crippen molar-refractivity contribution in [1.82, 2.24) is 20.8 Å². The van der Waals surface area contributed by atoms with E-state index < -0.39 is 17.4 Å². The summed E-state index contributed by atoms with van der Waals surface area (Å²) in [6.07, 6.45) is 0. The summed E-state index contributed by atoms with van der Waals surface area (Å²) in [6.45, 7) is 0. The third-order valence-electron chi connectivity index (χ3n) is 5.13. The fourth-order valence-electron chi connectivity index (χ4n) is 3.38. The average Bonchev–Trinajstić information content (AvgIpc) is 3.29. The second-order valence-corrected chi connectivity index (χ2v) is 8.40. The quantitative estimate of drug-likeness (QED) is 0.203. The maximum absolute atomic E-state index is 12.4. The van der Waals surface area contributed by atoms with Gasteiger partial charge in [0.1, 0.15) is 11.1 Å². The molecule has 0 unspecified atom stereocenters. The Morgan fingerprint density at radius 1 is 0.912 bits per heavy atom. The van der Waals surface area contributed by atoms with E-state index in [1.807, 2.05) is 36.4 Å². The smallest absolute Gasteiger partial charge is 0.349 e. The van der Waals surface area contributed by atoms with Crippen molar-refractivity contribution in [2.24, 2.45) is 0 Å². The molecular weight excluding hydrogens is 452 g/mol. The lowest BCUT2D eigenvalue weighted by Crippen LogP contribution is -2.43. The number of aromatic amines is 1. The first-order valence-electron chi connectivity index (χ1n) is 10.4. The summed E-state index contributed by atoms with van der Waals surface area (Å²) in [5.41, 5.74) is 7.27. The molecule has 3 aromatic carbocycles. The highest BCUT2D eigenvalue weighted by atomic mass is 32.2. The molecule has 3 N–H and O–H groups in total. The number of aromatic nitrogens is 2. The maximum Gasteiger partial charge on any atom is 0.349 e. The number of benzene rings is 3. The third kappa shape index (κ3) is 4.55. The van der Waals surface area contributed by atoms with Crippen molar-refractivity contribution >= 4 is 45.6 Å². The number of hydrogen-bond donors (Lipinski definition) is 3. The van der Waals surface area contributed by atoms with E-state index in [1.54, 1.807) is 48.2 Å². The number of thioether (sulfide) groups is 1. The van der Waals surface area contributed by atoms with Gasteiger partial charge in [0.05, 0.1) is 11.0 Å². The summed E-state index contributed by atoms with van der Waals surface area (Å²) in [7, 11) is 0. The van der Waals surface area contributed by atoms with E-state index in [0.29, 0.717) is 22.3 Å². The van der Waals surface area contributed by atoms with Crippen LogP contribution in [0.5, 0.6) is 0 Å². The van der Waals surface area contributed by atoms with Crippen molar-refractivity contribution in [3.8, 4) is 0 Å². The van der Waals surface area contributed by atoms with Gasteiger partial charge in [-0.15, -0.1) is 0 Å². The number of amides is 2. The van der Waals surface area contributed by atoms with Crippen molar-refractivity contribution in [2.75, 3.05) is 0 Å². The van der Waals surface area contributed by atoms with Crippen molar-refractivity contribution in [3.05, 3.63) is 106 Å². The standard InChI is InChI=1S/C25H18N4O4S/c30-22(28-29-23(31)18-13-17-5-1-4-8-21(17)33-24(18)32)16-11-9-15(10-12-16)14-34-25-26-19-6-2-3-7-20(19)27-25/h1-13H,14H2,(H,26,27)(H,28,30)(H,29,31). The lowest BCUT2D eigenvalue weighted by atomic mass is 10.1. The Morgan fingerprint density at radius 2 is 1.65 bits per heavy atom. The van der Waals surface area contributed by atoms with Crippen LogP contribution in [0, 0.1) is 0 Å². The minimum atomic E-state index is -0.781. The maximum atomic E-state index is 12.4. The van der Waals surface area contributed by atoms with Crippen LogP contribution in [0.1, 0.15) is 26.3 Å². The zero-order valence-electron chi connectivity index (χ0n) is 17.7. The van der Waals surface area contributed by atoms with E-state index in [-0.39, 0.29) is 5.56 Å². The topological polar surface area (TPSA) is 117 Å². The first kappa shape index (κ1) is 21.5. The molecule has 0 bridgehead atoms. The van der Waals surface area contributed by atoms with E-state index in [2.05, 4.69) is 20.8 Å². The van der Waals surface area contributed by atoms with Gasteiger partial charge in [0.25, 0.3) is 11.8 Å². The molecular formula is C25H18N4O4S. The van der Waals surface area contributed by atoms with Gasteiger partial charge in [-0.05, 0) is 42.0 Å². The van der Waals surface area contributed by atoms with Gasteiger partial charge in [-0.2, -0.15) is 0 Å². The zero-order valence-corrected chi connectivity index (χ0v) is 18.5. The highest BCUT2D eigenvalue weighted by Crippen LogP contribution is 2.23. The summed E-state index contributed by atoms with van der Waals surface area (Å²) >= 11 is 1.56. The summed E-state index contributed by atoms with van der Waals surface area (Å²) in [4.78, 5) is 44.7. The molecule has 2 heterocycles. The Kier molecular flexibility index (Phi) is 5.84. The van der Waals surface area contributed by atoms with Gasteiger partial charge >= 0.3 is 5.63 Å². The third-order valence-corrected chi connectivity index (χ3v) is 6.08. The molecule has 9 heteroatoms. The zero-order chi connectivity index (χ0) is 23.5. The fourth-order valence-corrected chi connectivity index (χ4v) is 4.22. The molecule has 0 radical (unpaired) electrons. The van der Waals surface area contributed by atoms with E-state index in [0.717, 1.165) is 21.8 Å². The number of nitrogens with zero attached hydrogens (tertiary/aromatic N) is 1. The molecule has 0 atom stereocenters. The van der Waals surface area contributed by atoms with Crippen LogP contribution in [0.2, 0.25) is 0 Å². The molecule has 0 saturated carbocycles. The van der Waals surface area contributed by atoms with Gasteiger partial charge in [0.2, 0.25) is 0 Å². The van der Waals surface area contributed by atoms with E-state index in [4.69, 9.17) is 4.42 Å². The summed E-state index contributed by atoms with van der Waals surface area (Å²) in [5, 5.41) is 1.43. The largest absolute Gasteiger partial charge is 0.422 e. The number of para-hydroxylation sites is 3. The molecule has 2 aromatic heterocycles. The number of carbonyl (C=O) groups excluding carboxylic acids is 2. The van der Waals surface area contributed by atoms with Gasteiger partial charge in [-0.25, -0.2) is 9.78 Å². The van der Waals surface area contributed by atoms with Gasteiger partial charge in [0, 0.05) is 16.7 Å². The first-order valence-corrected chi connectivity index (χ1v) is 11.4. The minimum absolute atomic E-state index is 0.197. The van der Waals surface area contributed by atoms with Crippen LogP contribution < -0.4 is 16.5 Å². The molecule has 34 heavy (non-hydrogen) atoms. The Bertz CT molecular complexity index is 1540. The van der Waals surface area contributed by atoms with Gasteiger partial charge in [-0.3, -0.25) is 20.4 Å². The van der Waals surface area contributed by atoms with Crippen molar-refractivity contribution in [1.29, 1.82) is 0 Å². The van der Waals surface area contributed by atoms with Crippen LogP contribution in [0.15, 0.2) is 93.2 Å². The normalized spacial score (nSPS) is 10.9. The molecule has 0 aliphatic heterocycles. The van der Waals surface area contributed by atoms with Gasteiger partial charge < -0.3 is 9.40 Å². The summed E-state index contributed by atoms with van der Waals surface area (Å²) < 4.78 is 5.15. The molecule has 5 aromatic rings. The predicted octanol–water partition coefficient (Wildman–Crippen LogP) is 4.04. The summed E-state index contributed by atoms with van der Waals surface area (Å²) in [6, 6.07) is 23.1. The number of hydrazine groups is 1. The number of rotatable bonds is 5. The van der Waals surface area contributed by atoms with Crippen LogP contribution in [0.4, 0.5) is 0 Å². The molecule has 0 saturated heterocycles. The molecule has 0 aliphatic rings. The van der Waals surface area contributed by atoms with Crippen LogP contribution in [-0.2, 0) is 5.75 Å². The second-order valence-electron chi connectivity index (χ2n) is 7.44. The predicted molar refractivity (Wildman–Crippen MR) is 130 cm³/mol. The van der Waals surface area contributed by atoms with E-state index >= 15 is 0 Å². The molecule has 8 nitrogen and oxygen atoms in total. The van der Waals surface area contributed by atoms with E-state index in [1.165, 1.54) is 6.07 Å². The van der Waals surface area contributed by atoms with Crippen molar-refractivity contribution < 1.29 is 14.0 Å². The second kappa shape index (κ2) is 9.24. The van der Waals surface area contributed by atoms with Crippen LogP contribution in [0.3, 0.4) is 0 Å². The molecule has 2 amide bonds. The minimum Gasteiger partial charge on any atom is -0.422 e. The van der Waals surface area contributed by atoms with Crippen molar-refractivity contribution in [2.45, 2.75) is 10.9 Å². The summed E-state index contributed by atoms with van der Waals surface area (Å²) in [5.74, 6) is -0.586. The monoisotopic (exact) mass is 470 g/mol. The number of hydrogen-bond acceptors (Lipinski definition) is 6. The Hall–Kier alpha value is -4.37. The van der Waals surface area contributed by atoms with Gasteiger partial charge in [-0.1, -0.05) is 54.2 Å². The first-order chi connectivity index (χ1) is 16.6.